The van der Waals surface area contributed by atoms with Crippen LogP contribution in [0.4, 0.5) is 26.2 Å². The van der Waals surface area contributed by atoms with Gasteiger partial charge >= 0.3 is 0 Å². The molecule has 0 saturated heterocycles. The molecule has 1 fully saturated rings. The molecule has 0 bridgehead atoms. The first-order valence-electron chi connectivity index (χ1n) is 29.8. The van der Waals surface area contributed by atoms with Gasteiger partial charge in [-0.15, -0.1) is 20.4 Å². The summed E-state index contributed by atoms with van der Waals surface area (Å²) < 4.78 is 7.34. The summed E-state index contributed by atoms with van der Waals surface area (Å²) in [5.41, 5.74) is 10.1. The van der Waals surface area contributed by atoms with E-state index in [9.17, 15) is 14.7 Å². The van der Waals surface area contributed by atoms with E-state index in [1.54, 1.807) is 42.4 Å². The lowest BCUT2D eigenvalue weighted by Gasteiger charge is -2.35. The van der Waals surface area contributed by atoms with Crippen molar-refractivity contribution in [2.45, 2.75) is 63.6 Å². The molecule has 1 aliphatic carbocycles. The van der Waals surface area contributed by atoms with Gasteiger partial charge in [-0.2, -0.15) is 0 Å². The number of carbonyl (C=O) groups excluding carboxylic acids is 2. The maximum Gasteiger partial charge on any atom is 0.214 e. The Balaban J connectivity index is 0.000000225. The molecular formula is C67H56N18O3S4. The van der Waals surface area contributed by atoms with Crippen LogP contribution in [0.3, 0.4) is 0 Å². The molecule has 10 heterocycles. The average molecular weight is 1290 g/mol. The number of aromatic nitrogens is 14. The number of anilines is 5. The fourth-order valence-electron chi connectivity index (χ4n) is 11.4. The summed E-state index contributed by atoms with van der Waals surface area (Å²) in [4.78, 5) is 55.6. The fourth-order valence-corrected chi connectivity index (χ4v) is 14.6. The molecule has 21 nitrogen and oxygen atoms in total. The number of pyridine rings is 2. The molecule has 0 atom stereocenters. The summed E-state index contributed by atoms with van der Waals surface area (Å²) in [6.45, 7) is 2.91. The zero-order valence-electron chi connectivity index (χ0n) is 49.3. The Bertz CT molecular complexity index is 5140. The monoisotopic (exact) mass is 1290 g/mol. The number of fused-ring (bicyclic) bond motifs is 5. The number of hydrogen-bond acceptors (Lipinski definition) is 21. The van der Waals surface area contributed by atoms with Crippen molar-refractivity contribution in [2.24, 2.45) is 0 Å². The van der Waals surface area contributed by atoms with Crippen molar-refractivity contribution in [3.05, 3.63) is 211 Å². The van der Waals surface area contributed by atoms with Crippen LogP contribution in [0.15, 0.2) is 189 Å². The van der Waals surface area contributed by atoms with Crippen LogP contribution in [0, 0.1) is 0 Å². The third-order valence-corrected chi connectivity index (χ3v) is 19.7. The van der Waals surface area contributed by atoms with Crippen molar-refractivity contribution >= 4 is 114 Å². The van der Waals surface area contributed by atoms with Crippen molar-refractivity contribution in [1.29, 1.82) is 0 Å². The van der Waals surface area contributed by atoms with E-state index in [0.29, 0.717) is 75.5 Å². The maximum atomic E-state index is 14.2. The molecule has 456 valence electrons. The van der Waals surface area contributed by atoms with Gasteiger partial charge in [-0.3, -0.25) is 19.6 Å². The highest BCUT2D eigenvalue weighted by atomic mass is 32.1. The molecule has 16 rings (SSSR count). The first-order valence-corrected chi connectivity index (χ1v) is 33.1. The average Bonchev–Trinajstić information content (AvgIpc) is 1.82. The fraction of sp³-hybridized carbons (Fsp3) is 0.164. The van der Waals surface area contributed by atoms with E-state index in [1.165, 1.54) is 56.3 Å². The summed E-state index contributed by atoms with van der Waals surface area (Å²) in [5.74, 6) is -0.0958. The Labute approximate surface area is 541 Å². The van der Waals surface area contributed by atoms with Crippen LogP contribution in [-0.2, 0) is 13.0 Å². The Morgan fingerprint density at radius 2 is 1.14 bits per heavy atom. The van der Waals surface area contributed by atoms with Crippen LogP contribution in [0.5, 0.6) is 0 Å². The minimum atomic E-state index is -1.15. The molecule has 0 unspecified atom stereocenters. The second kappa shape index (κ2) is 25.1. The Hall–Kier alpha value is -10.4. The third kappa shape index (κ3) is 12.2. The number of carbonyl (C=O) groups is 2. The SMILES string of the molecule is CC(=O)c1cccc(-c2cnc3sc(NCCc4ccncc4)nn23)c1.O=C(CC1(O)CCC(Nc2nn3c(-c4ccc5ccccc5c4)cnc3s2)CC1)c1ccc(Nc2nn3c(-c4ccccc4)cnc3s2)c(-c2cnc3sc(NCc4cccnc4)nn23)c1. The van der Waals surface area contributed by atoms with Gasteiger partial charge in [0.1, 0.15) is 0 Å². The van der Waals surface area contributed by atoms with E-state index in [0.717, 1.165) is 82.8 Å². The molecule has 1 aliphatic rings. The van der Waals surface area contributed by atoms with Crippen molar-refractivity contribution in [3.63, 3.8) is 0 Å². The largest absolute Gasteiger partial charge is 0.389 e. The van der Waals surface area contributed by atoms with E-state index in [2.05, 4.69) is 81.6 Å². The number of rotatable bonds is 19. The smallest absolute Gasteiger partial charge is 0.214 e. The zero-order chi connectivity index (χ0) is 62.1. The minimum absolute atomic E-state index is 0.000994. The molecule has 0 spiro atoms. The predicted molar refractivity (Wildman–Crippen MR) is 364 cm³/mol. The van der Waals surface area contributed by atoms with Gasteiger partial charge in [0.2, 0.25) is 40.4 Å². The summed E-state index contributed by atoms with van der Waals surface area (Å²) in [7, 11) is 0. The highest BCUT2D eigenvalue weighted by Crippen LogP contribution is 2.39. The van der Waals surface area contributed by atoms with Crippen LogP contribution < -0.4 is 21.3 Å². The van der Waals surface area contributed by atoms with Crippen LogP contribution in [0.2, 0.25) is 0 Å². The lowest BCUT2D eigenvalue weighted by atomic mass is 9.78. The molecule has 5 N–H and O–H groups in total. The number of benzene rings is 5. The van der Waals surface area contributed by atoms with Gasteiger partial charge < -0.3 is 26.4 Å². The maximum absolute atomic E-state index is 14.2. The van der Waals surface area contributed by atoms with Crippen molar-refractivity contribution < 1.29 is 14.7 Å². The summed E-state index contributed by atoms with van der Waals surface area (Å²) in [5, 5.41) is 50.3. The molecule has 15 aromatic rings. The van der Waals surface area contributed by atoms with Gasteiger partial charge in [-0.1, -0.05) is 136 Å². The number of aliphatic hydroxyl groups is 1. The van der Waals surface area contributed by atoms with Gasteiger partial charge in [0.05, 0.1) is 53.2 Å². The van der Waals surface area contributed by atoms with Gasteiger partial charge in [-0.05, 0) is 109 Å². The number of Topliss-reactive ketones (excluding diaryl/α,β-unsaturated/α-hetero) is 2. The molecule has 0 aliphatic heterocycles. The Kier molecular flexibility index (Phi) is 15.8. The molecule has 10 aromatic heterocycles. The molecule has 92 heavy (non-hydrogen) atoms. The van der Waals surface area contributed by atoms with Crippen LogP contribution >= 0.6 is 45.3 Å². The van der Waals surface area contributed by atoms with E-state index in [1.807, 2.05) is 141 Å². The predicted octanol–water partition coefficient (Wildman–Crippen LogP) is 14.0. The quantitative estimate of drug-likeness (QED) is 0.0472. The molecule has 5 aromatic carbocycles. The van der Waals surface area contributed by atoms with Gasteiger partial charge in [-0.25, -0.2) is 38.0 Å². The van der Waals surface area contributed by atoms with E-state index in [4.69, 9.17) is 20.3 Å². The summed E-state index contributed by atoms with van der Waals surface area (Å²) in [6, 6.07) is 45.9. The van der Waals surface area contributed by atoms with E-state index < -0.39 is 5.60 Å². The van der Waals surface area contributed by atoms with E-state index >= 15 is 0 Å². The standard InChI is InChI=1S/C48H39N13O2S3.C19H17N5OS/c62-41(23-48(63)18-16-35(17-19-48)54-43-57-60-39(27-52-46(60)65-43)33-13-12-30-8-4-5-11-32(30)21-33)34-14-15-37(55-44-58-59-38(26-51-45(59)66-44)31-9-2-1-3-10-31)36(22-34)40-28-53-47-61(40)56-42(64-47)50-25-29-7-6-20-49-24-29;1-13(25)15-3-2-4-16(11-15)17-12-22-19-24(17)23-18(26-19)21-10-7-14-5-8-20-9-6-14/h1-15,20-22,24,26-28,35,63H,16-19,23,25H2,(H,50,56)(H,54,57)(H,55,58);2-6,8-9,11-12H,7,10H2,1H3,(H,21,23). The number of ketones is 2. The van der Waals surface area contributed by atoms with Gasteiger partial charge in [0, 0.05) is 89.4 Å². The topological polar surface area (TPSA) is 249 Å². The molecule has 0 amide bonds. The van der Waals surface area contributed by atoms with Gasteiger partial charge in [0.15, 0.2) is 11.6 Å². The van der Waals surface area contributed by atoms with Crippen LogP contribution in [0.25, 0.3) is 75.6 Å². The van der Waals surface area contributed by atoms with Crippen molar-refractivity contribution in [3.8, 4) is 45.0 Å². The van der Waals surface area contributed by atoms with Gasteiger partial charge in [0.25, 0.3) is 0 Å². The summed E-state index contributed by atoms with van der Waals surface area (Å²) in [6.07, 6.45) is 17.6. The highest BCUT2D eigenvalue weighted by molar-refractivity contribution is 7.21. The highest BCUT2D eigenvalue weighted by Gasteiger charge is 2.36. The molecule has 25 heteroatoms. The van der Waals surface area contributed by atoms with Crippen molar-refractivity contribution in [2.75, 3.05) is 27.8 Å². The van der Waals surface area contributed by atoms with Crippen molar-refractivity contribution in [1.82, 2.24) is 68.4 Å². The number of imidazole rings is 4. The van der Waals surface area contributed by atoms with Crippen LogP contribution in [-0.4, -0.2) is 103 Å². The first-order chi connectivity index (χ1) is 45.1. The second-order valence-corrected chi connectivity index (χ2v) is 26.2. The first kappa shape index (κ1) is 58.0. The van der Waals surface area contributed by atoms with Crippen LogP contribution in [0.1, 0.15) is 70.9 Å². The Morgan fingerprint density at radius 1 is 0.533 bits per heavy atom. The minimum Gasteiger partial charge on any atom is -0.389 e. The lowest BCUT2D eigenvalue weighted by Crippen LogP contribution is -2.40. The van der Waals surface area contributed by atoms with E-state index in [-0.39, 0.29) is 24.0 Å². The second-order valence-electron chi connectivity index (χ2n) is 22.4. The Morgan fingerprint density at radius 3 is 1.85 bits per heavy atom. The number of hydrogen-bond donors (Lipinski definition) is 5. The number of nitrogens with one attached hydrogen (secondary N) is 4. The molecule has 0 radical (unpaired) electrons. The zero-order valence-corrected chi connectivity index (χ0v) is 52.6. The lowest BCUT2D eigenvalue weighted by molar-refractivity contribution is -0.00205. The number of nitrogens with zero attached hydrogens (tertiary/aromatic N) is 14. The third-order valence-electron chi connectivity index (χ3n) is 16.2. The normalized spacial score (nSPS) is 14.9. The summed E-state index contributed by atoms with van der Waals surface area (Å²) >= 11 is 5.88. The molecular weight excluding hydrogens is 1230 g/mol. The molecule has 1 saturated carbocycles.